The summed E-state index contributed by atoms with van der Waals surface area (Å²) in [5.74, 6) is 0.617. The second-order valence-electron chi connectivity index (χ2n) is 6.04. The highest BCUT2D eigenvalue weighted by Crippen LogP contribution is 2.39. The van der Waals surface area contributed by atoms with Gasteiger partial charge in [0.2, 0.25) is 12.7 Å². The lowest BCUT2D eigenvalue weighted by Crippen LogP contribution is -2.45. The van der Waals surface area contributed by atoms with Crippen LogP contribution in [0.3, 0.4) is 0 Å². The normalized spacial score (nSPS) is 13.2. The van der Waals surface area contributed by atoms with Gasteiger partial charge in [-0.05, 0) is 18.9 Å². The molecule has 1 amide bonds. The summed E-state index contributed by atoms with van der Waals surface area (Å²) in [5, 5.41) is 0. The molecule has 0 radical (unpaired) electrons. The van der Waals surface area contributed by atoms with Crippen molar-refractivity contribution in [1.82, 2.24) is 4.90 Å². The van der Waals surface area contributed by atoms with E-state index in [0.717, 1.165) is 0 Å². The lowest BCUT2D eigenvalue weighted by Gasteiger charge is -2.33. The summed E-state index contributed by atoms with van der Waals surface area (Å²) in [6.07, 6.45) is 1.20. The molecule has 1 aliphatic rings. The average molecular weight is 358 g/mol. The maximum Gasteiger partial charge on any atom is 0.387 e. The van der Waals surface area contributed by atoms with Gasteiger partial charge >= 0.3 is 6.61 Å². The van der Waals surface area contributed by atoms with Crippen molar-refractivity contribution in [1.29, 1.82) is 0 Å². The summed E-state index contributed by atoms with van der Waals surface area (Å²) in [5.41, 5.74) is 5.58. The molecule has 0 saturated heterocycles. The fraction of sp³-hybridized carbons (Fsp3) is 0.588. The van der Waals surface area contributed by atoms with E-state index in [-0.39, 0.29) is 31.5 Å². The van der Waals surface area contributed by atoms with Crippen LogP contribution < -0.4 is 19.9 Å². The highest BCUT2D eigenvalue weighted by Gasteiger charge is 2.36. The van der Waals surface area contributed by atoms with Gasteiger partial charge in [0.25, 0.3) is 0 Å². The Morgan fingerprint density at radius 3 is 2.44 bits per heavy atom. The molecular weight excluding hydrogens is 334 g/mol. The number of carbonyl (C=O) groups is 1. The Balaban J connectivity index is 2.27. The number of benzene rings is 1. The molecule has 0 fully saturated rings. The number of nitrogens with two attached hydrogens (primary N) is 1. The molecule has 1 aromatic rings. The maximum atomic E-state index is 12.8. The van der Waals surface area contributed by atoms with Gasteiger partial charge in [0, 0.05) is 31.8 Å². The van der Waals surface area contributed by atoms with Crippen LogP contribution in [0, 0.1) is 5.41 Å². The number of rotatable bonds is 8. The first-order chi connectivity index (χ1) is 11.9. The number of hydrogen-bond acceptors (Lipinski definition) is 5. The van der Waals surface area contributed by atoms with Crippen molar-refractivity contribution >= 4 is 5.91 Å². The molecular formula is C17H24F2N2O4. The number of alkyl halides is 2. The third-order valence-corrected chi connectivity index (χ3v) is 4.72. The monoisotopic (exact) mass is 358 g/mol. The highest BCUT2D eigenvalue weighted by atomic mass is 19.3. The summed E-state index contributed by atoms with van der Waals surface area (Å²) in [7, 11) is 1.62. The van der Waals surface area contributed by atoms with Crippen molar-refractivity contribution in [3.05, 3.63) is 17.7 Å². The Hall–Kier alpha value is -2.09. The molecule has 0 unspecified atom stereocenters. The van der Waals surface area contributed by atoms with Crippen LogP contribution in [0.1, 0.15) is 32.3 Å². The summed E-state index contributed by atoms with van der Waals surface area (Å²) in [6, 6.07) is 2.92. The SMILES string of the molecule is CCC(CC)(CN)C(=O)N(C)Cc1cc2c(cc1OC(F)F)OCO2. The first kappa shape index (κ1) is 19.2. The van der Waals surface area contributed by atoms with Crippen LogP contribution in [0.25, 0.3) is 0 Å². The van der Waals surface area contributed by atoms with Gasteiger partial charge in [-0.25, -0.2) is 0 Å². The predicted molar refractivity (Wildman–Crippen MR) is 87.7 cm³/mol. The third kappa shape index (κ3) is 3.95. The second kappa shape index (κ2) is 7.86. The van der Waals surface area contributed by atoms with E-state index >= 15 is 0 Å². The molecule has 6 nitrogen and oxygen atoms in total. The van der Waals surface area contributed by atoms with Gasteiger partial charge in [-0.2, -0.15) is 8.78 Å². The van der Waals surface area contributed by atoms with E-state index in [1.807, 2.05) is 13.8 Å². The minimum atomic E-state index is -2.98. The highest BCUT2D eigenvalue weighted by molar-refractivity contribution is 5.82. The standard InChI is InChI=1S/C17H24F2N2O4/c1-4-17(5-2,9-20)15(22)21(3)8-11-6-13-14(24-10-23-13)7-12(11)25-16(18)19/h6-7,16H,4-5,8-10,20H2,1-3H3. The average Bonchev–Trinajstić information content (AvgIpc) is 3.03. The van der Waals surface area contributed by atoms with E-state index in [1.54, 1.807) is 13.1 Å². The molecule has 0 bridgehead atoms. The topological polar surface area (TPSA) is 74.0 Å². The van der Waals surface area contributed by atoms with Crippen LogP contribution >= 0.6 is 0 Å². The number of halogens is 2. The van der Waals surface area contributed by atoms with Gasteiger partial charge < -0.3 is 24.8 Å². The predicted octanol–water partition coefficient (Wildman–Crippen LogP) is 2.74. The molecule has 0 saturated carbocycles. The Labute approximate surface area is 145 Å². The largest absolute Gasteiger partial charge is 0.454 e. The summed E-state index contributed by atoms with van der Waals surface area (Å²) in [6.45, 7) is 1.19. The summed E-state index contributed by atoms with van der Waals surface area (Å²) in [4.78, 5) is 14.3. The van der Waals surface area contributed by atoms with E-state index < -0.39 is 12.0 Å². The molecule has 2 N–H and O–H groups in total. The van der Waals surface area contributed by atoms with Crippen molar-refractivity contribution in [2.75, 3.05) is 20.4 Å². The quantitative estimate of drug-likeness (QED) is 0.773. The van der Waals surface area contributed by atoms with Crippen molar-refractivity contribution in [3.8, 4) is 17.2 Å². The van der Waals surface area contributed by atoms with Crippen molar-refractivity contribution in [2.45, 2.75) is 39.8 Å². The molecule has 0 aliphatic carbocycles. The fourth-order valence-corrected chi connectivity index (χ4v) is 2.96. The van der Waals surface area contributed by atoms with E-state index in [1.165, 1.54) is 11.0 Å². The zero-order chi connectivity index (χ0) is 18.6. The molecule has 0 spiro atoms. The first-order valence-electron chi connectivity index (χ1n) is 8.19. The molecule has 8 heteroatoms. The lowest BCUT2D eigenvalue weighted by atomic mass is 9.81. The van der Waals surface area contributed by atoms with Crippen LogP contribution in [-0.4, -0.2) is 37.8 Å². The number of fused-ring (bicyclic) bond motifs is 1. The van der Waals surface area contributed by atoms with Gasteiger partial charge in [-0.1, -0.05) is 13.8 Å². The molecule has 1 heterocycles. The van der Waals surface area contributed by atoms with Gasteiger partial charge in [-0.15, -0.1) is 0 Å². The third-order valence-electron chi connectivity index (χ3n) is 4.72. The van der Waals surface area contributed by atoms with E-state index in [4.69, 9.17) is 15.2 Å². The van der Waals surface area contributed by atoms with Crippen molar-refractivity contribution < 1.29 is 27.8 Å². The molecule has 1 aromatic carbocycles. The molecule has 0 atom stereocenters. The van der Waals surface area contributed by atoms with E-state index in [9.17, 15) is 13.6 Å². The van der Waals surface area contributed by atoms with E-state index in [0.29, 0.717) is 29.9 Å². The van der Waals surface area contributed by atoms with Crippen LogP contribution in [0.5, 0.6) is 17.2 Å². The van der Waals surface area contributed by atoms with E-state index in [2.05, 4.69) is 4.74 Å². The van der Waals surface area contributed by atoms with Crippen LogP contribution in [-0.2, 0) is 11.3 Å². The minimum Gasteiger partial charge on any atom is -0.454 e. The Morgan fingerprint density at radius 2 is 1.92 bits per heavy atom. The number of amides is 1. The number of hydrogen-bond donors (Lipinski definition) is 1. The molecule has 2 rings (SSSR count). The summed E-state index contributed by atoms with van der Waals surface area (Å²) < 4.78 is 40.5. The van der Waals surface area contributed by atoms with Crippen LogP contribution in [0.4, 0.5) is 8.78 Å². The van der Waals surface area contributed by atoms with Crippen LogP contribution in [0.15, 0.2) is 12.1 Å². The Bertz CT molecular complexity index is 613. The van der Waals surface area contributed by atoms with Crippen molar-refractivity contribution in [2.24, 2.45) is 11.1 Å². The maximum absolute atomic E-state index is 12.8. The zero-order valence-electron chi connectivity index (χ0n) is 14.7. The Kier molecular flexibility index (Phi) is 6.05. The number of carbonyl (C=O) groups excluding carboxylic acids is 1. The second-order valence-corrected chi connectivity index (χ2v) is 6.04. The lowest BCUT2D eigenvalue weighted by molar-refractivity contribution is -0.141. The number of ether oxygens (including phenoxy) is 3. The molecule has 0 aromatic heterocycles. The fourth-order valence-electron chi connectivity index (χ4n) is 2.96. The molecule has 1 aliphatic heterocycles. The van der Waals surface area contributed by atoms with Gasteiger partial charge in [0.15, 0.2) is 11.5 Å². The minimum absolute atomic E-state index is 0.0175. The summed E-state index contributed by atoms with van der Waals surface area (Å²) >= 11 is 0. The smallest absolute Gasteiger partial charge is 0.387 e. The zero-order valence-corrected chi connectivity index (χ0v) is 14.7. The Morgan fingerprint density at radius 1 is 1.32 bits per heavy atom. The van der Waals surface area contributed by atoms with Gasteiger partial charge in [-0.3, -0.25) is 4.79 Å². The molecule has 140 valence electrons. The van der Waals surface area contributed by atoms with Gasteiger partial charge in [0.1, 0.15) is 5.75 Å². The van der Waals surface area contributed by atoms with Gasteiger partial charge in [0.05, 0.1) is 5.41 Å². The number of nitrogens with zero attached hydrogens (tertiary/aromatic N) is 1. The first-order valence-corrected chi connectivity index (χ1v) is 8.19. The van der Waals surface area contributed by atoms with Crippen molar-refractivity contribution in [3.63, 3.8) is 0 Å². The molecule has 25 heavy (non-hydrogen) atoms. The van der Waals surface area contributed by atoms with Crippen LogP contribution in [0.2, 0.25) is 0 Å².